The van der Waals surface area contributed by atoms with Gasteiger partial charge in [0.05, 0.1) is 7.11 Å². The summed E-state index contributed by atoms with van der Waals surface area (Å²) in [6, 6.07) is 3.83. The number of anilines is 2. The van der Waals surface area contributed by atoms with Gasteiger partial charge in [0, 0.05) is 36.3 Å². The molecular formula is C13H12N4O. The average molecular weight is 240 g/mol. The quantitative estimate of drug-likeness (QED) is 0.804. The van der Waals surface area contributed by atoms with Crippen molar-refractivity contribution >= 4 is 17.6 Å². The topological polar surface area (TPSA) is 51.1 Å². The fraction of sp³-hybridized carbons (Fsp3) is 0.154. The molecule has 0 unspecified atom stereocenters. The Morgan fingerprint density at radius 2 is 2.28 bits per heavy atom. The molecule has 2 aromatic heterocycles. The van der Waals surface area contributed by atoms with E-state index < -0.39 is 0 Å². The molecule has 0 saturated heterocycles. The van der Waals surface area contributed by atoms with Gasteiger partial charge in [-0.25, -0.2) is 15.0 Å². The smallest absolute Gasteiger partial charge is 0.214 e. The van der Waals surface area contributed by atoms with E-state index in [1.165, 1.54) is 0 Å². The number of hydrogen-bond donors (Lipinski definition) is 0. The SMILES string of the molecule is COc1cc(N2CC=Cc3cncnc32)ccn1. The molecule has 0 atom stereocenters. The number of fused-ring (bicyclic) bond motifs is 1. The lowest BCUT2D eigenvalue weighted by molar-refractivity contribution is 0.398. The maximum Gasteiger partial charge on any atom is 0.214 e. The predicted octanol–water partition coefficient (Wildman–Crippen LogP) is 2.05. The molecule has 1 aliphatic heterocycles. The fourth-order valence-corrected chi connectivity index (χ4v) is 1.95. The second kappa shape index (κ2) is 4.44. The van der Waals surface area contributed by atoms with Gasteiger partial charge >= 0.3 is 0 Å². The summed E-state index contributed by atoms with van der Waals surface area (Å²) in [5, 5.41) is 0. The summed E-state index contributed by atoms with van der Waals surface area (Å²) in [5.74, 6) is 1.50. The minimum absolute atomic E-state index is 0.595. The summed E-state index contributed by atoms with van der Waals surface area (Å²) in [5.41, 5.74) is 2.02. The first kappa shape index (κ1) is 10.7. The van der Waals surface area contributed by atoms with Gasteiger partial charge in [0.1, 0.15) is 12.1 Å². The Labute approximate surface area is 105 Å². The molecule has 0 spiro atoms. The maximum atomic E-state index is 5.15. The number of hydrogen-bond acceptors (Lipinski definition) is 5. The largest absolute Gasteiger partial charge is 0.481 e. The second-order valence-electron chi connectivity index (χ2n) is 3.87. The van der Waals surface area contributed by atoms with Crippen LogP contribution in [0.1, 0.15) is 5.56 Å². The van der Waals surface area contributed by atoms with Crippen LogP contribution in [0.25, 0.3) is 6.08 Å². The van der Waals surface area contributed by atoms with Crippen molar-refractivity contribution in [1.29, 1.82) is 0 Å². The van der Waals surface area contributed by atoms with E-state index in [4.69, 9.17) is 4.74 Å². The third kappa shape index (κ3) is 1.79. The van der Waals surface area contributed by atoms with E-state index in [0.717, 1.165) is 23.6 Å². The molecule has 18 heavy (non-hydrogen) atoms. The molecule has 3 rings (SSSR count). The van der Waals surface area contributed by atoms with Crippen molar-refractivity contribution in [1.82, 2.24) is 15.0 Å². The first-order valence-corrected chi connectivity index (χ1v) is 5.62. The number of rotatable bonds is 2. The number of ether oxygens (including phenoxy) is 1. The minimum Gasteiger partial charge on any atom is -0.481 e. The van der Waals surface area contributed by atoms with E-state index in [1.807, 2.05) is 24.4 Å². The molecule has 0 amide bonds. The Morgan fingerprint density at radius 3 is 3.17 bits per heavy atom. The predicted molar refractivity (Wildman–Crippen MR) is 68.9 cm³/mol. The number of nitrogens with zero attached hydrogens (tertiary/aromatic N) is 4. The third-order valence-corrected chi connectivity index (χ3v) is 2.80. The Balaban J connectivity index is 2.05. The highest BCUT2D eigenvalue weighted by Gasteiger charge is 2.16. The summed E-state index contributed by atoms with van der Waals surface area (Å²) in [4.78, 5) is 14.6. The van der Waals surface area contributed by atoms with Crippen LogP contribution in [-0.2, 0) is 0 Å². The van der Waals surface area contributed by atoms with Crippen molar-refractivity contribution in [2.24, 2.45) is 0 Å². The van der Waals surface area contributed by atoms with Crippen molar-refractivity contribution in [3.05, 3.63) is 42.5 Å². The maximum absolute atomic E-state index is 5.15. The number of pyridine rings is 1. The Hall–Kier alpha value is -2.43. The van der Waals surface area contributed by atoms with Crippen LogP contribution in [-0.4, -0.2) is 28.6 Å². The zero-order valence-electron chi connectivity index (χ0n) is 9.95. The molecule has 90 valence electrons. The lowest BCUT2D eigenvalue weighted by Gasteiger charge is -2.26. The molecule has 1 aliphatic rings. The van der Waals surface area contributed by atoms with Crippen LogP contribution in [0.4, 0.5) is 11.5 Å². The summed E-state index contributed by atoms with van der Waals surface area (Å²) in [6.45, 7) is 0.775. The molecule has 0 saturated carbocycles. The van der Waals surface area contributed by atoms with E-state index in [9.17, 15) is 0 Å². The van der Waals surface area contributed by atoms with Crippen LogP contribution >= 0.6 is 0 Å². The summed E-state index contributed by atoms with van der Waals surface area (Å²) >= 11 is 0. The van der Waals surface area contributed by atoms with Crippen molar-refractivity contribution in [3.63, 3.8) is 0 Å². The standard InChI is InChI=1S/C13H12N4O/c1-18-12-7-11(4-5-15-12)17-6-2-3-10-8-14-9-16-13(10)17/h2-5,7-9H,6H2,1H3. The lowest BCUT2D eigenvalue weighted by atomic mass is 10.2. The Bertz CT molecular complexity index is 597. The van der Waals surface area contributed by atoms with Crippen LogP contribution in [0.2, 0.25) is 0 Å². The van der Waals surface area contributed by atoms with Crippen LogP contribution in [0.5, 0.6) is 5.88 Å². The van der Waals surface area contributed by atoms with E-state index >= 15 is 0 Å². The van der Waals surface area contributed by atoms with Gasteiger partial charge in [-0.3, -0.25) is 0 Å². The zero-order valence-corrected chi connectivity index (χ0v) is 9.95. The van der Waals surface area contributed by atoms with Gasteiger partial charge < -0.3 is 9.64 Å². The highest BCUT2D eigenvalue weighted by atomic mass is 16.5. The summed E-state index contributed by atoms with van der Waals surface area (Å²) < 4.78 is 5.15. The van der Waals surface area contributed by atoms with Gasteiger partial charge in [0.15, 0.2) is 0 Å². The van der Waals surface area contributed by atoms with Gasteiger partial charge in [-0.15, -0.1) is 0 Å². The molecule has 3 heterocycles. The molecule has 0 bridgehead atoms. The Kier molecular flexibility index (Phi) is 2.64. The molecule has 0 aromatic carbocycles. The zero-order chi connectivity index (χ0) is 12.4. The normalized spacial score (nSPS) is 13.3. The van der Waals surface area contributed by atoms with Crippen molar-refractivity contribution < 1.29 is 4.74 Å². The molecule has 0 N–H and O–H groups in total. The van der Waals surface area contributed by atoms with E-state index in [1.54, 1.807) is 19.6 Å². The van der Waals surface area contributed by atoms with Gasteiger partial charge in [-0.05, 0) is 6.07 Å². The Morgan fingerprint density at radius 1 is 1.33 bits per heavy atom. The molecule has 5 nitrogen and oxygen atoms in total. The van der Waals surface area contributed by atoms with Gasteiger partial charge in [0.2, 0.25) is 5.88 Å². The van der Waals surface area contributed by atoms with Crippen LogP contribution in [0.3, 0.4) is 0 Å². The van der Waals surface area contributed by atoms with E-state index in [-0.39, 0.29) is 0 Å². The first-order chi connectivity index (χ1) is 8.88. The van der Waals surface area contributed by atoms with Crippen LogP contribution in [0, 0.1) is 0 Å². The lowest BCUT2D eigenvalue weighted by Crippen LogP contribution is -2.21. The fourth-order valence-electron chi connectivity index (χ4n) is 1.95. The van der Waals surface area contributed by atoms with Crippen LogP contribution in [0.15, 0.2) is 36.9 Å². The summed E-state index contributed by atoms with van der Waals surface area (Å²) in [7, 11) is 1.61. The highest BCUT2D eigenvalue weighted by Crippen LogP contribution is 2.30. The minimum atomic E-state index is 0.595. The first-order valence-electron chi connectivity index (χ1n) is 5.62. The number of aromatic nitrogens is 3. The van der Waals surface area contributed by atoms with Gasteiger partial charge in [-0.2, -0.15) is 0 Å². The van der Waals surface area contributed by atoms with Crippen molar-refractivity contribution in [2.45, 2.75) is 0 Å². The van der Waals surface area contributed by atoms with E-state index in [0.29, 0.717) is 5.88 Å². The molecule has 0 fully saturated rings. The number of methoxy groups -OCH3 is 1. The van der Waals surface area contributed by atoms with Gasteiger partial charge in [-0.1, -0.05) is 12.2 Å². The van der Waals surface area contributed by atoms with E-state index in [2.05, 4.69) is 25.9 Å². The van der Waals surface area contributed by atoms with Crippen LogP contribution < -0.4 is 9.64 Å². The average Bonchev–Trinajstić information content (AvgIpc) is 2.47. The highest BCUT2D eigenvalue weighted by molar-refractivity contribution is 5.74. The molecule has 0 aliphatic carbocycles. The van der Waals surface area contributed by atoms with Crippen molar-refractivity contribution in [2.75, 3.05) is 18.6 Å². The van der Waals surface area contributed by atoms with Gasteiger partial charge in [0.25, 0.3) is 0 Å². The summed E-state index contributed by atoms with van der Waals surface area (Å²) in [6.07, 6.45) is 9.21. The monoisotopic (exact) mass is 240 g/mol. The third-order valence-electron chi connectivity index (χ3n) is 2.80. The molecule has 2 aromatic rings. The second-order valence-corrected chi connectivity index (χ2v) is 3.87. The molecule has 5 heteroatoms. The van der Waals surface area contributed by atoms with Crippen molar-refractivity contribution in [3.8, 4) is 5.88 Å². The molecular weight excluding hydrogens is 228 g/mol. The molecule has 0 radical (unpaired) electrons.